The Bertz CT molecular complexity index is 515. The molecule has 0 aliphatic heterocycles. The summed E-state index contributed by atoms with van der Waals surface area (Å²) in [6.45, 7) is 3.11. The second-order valence-corrected chi connectivity index (χ2v) is 4.37. The number of amides is 4. The lowest BCUT2D eigenvalue weighted by molar-refractivity contribution is -0.130. The van der Waals surface area contributed by atoms with Crippen molar-refractivity contribution < 1.29 is 19.1 Å². The van der Waals surface area contributed by atoms with Crippen LogP contribution in [-0.2, 0) is 9.59 Å². The Balaban J connectivity index is 2.29. The van der Waals surface area contributed by atoms with Crippen molar-refractivity contribution in [2.24, 2.45) is 5.73 Å². The molecule has 0 aliphatic rings. The van der Waals surface area contributed by atoms with Crippen molar-refractivity contribution in [2.45, 2.75) is 19.9 Å². The normalized spacial score (nSPS) is 11.1. The third-order valence-corrected chi connectivity index (χ3v) is 2.47. The molecule has 4 amide bonds. The van der Waals surface area contributed by atoms with Gasteiger partial charge < -0.3 is 15.8 Å². The minimum absolute atomic E-state index is 0.249. The molecule has 5 N–H and O–H groups in total. The minimum Gasteiger partial charge on any atom is -0.484 e. The van der Waals surface area contributed by atoms with Gasteiger partial charge in [-0.25, -0.2) is 4.79 Å². The Labute approximate surface area is 122 Å². The molecule has 0 radical (unpaired) electrons. The van der Waals surface area contributed by atoms with E-state index in [1.54, 1.807) is 12.1 Å². The highest BCUT2D eigenvalue weighted by atomic mass is 16.5. The molecule has 0 heterocycles. The monoisotopic (exact) mass is 294 g/mol. The molecule has 21 heavy (non-hydrogen) atoms. The summed E-state index contributed by atoms with van der Waals surface area (Å²) in [5, 5.41) is 2.17. The SMILES string of the molecule is Cc1ccc(OCC(=O)NNC(=O)C(C)NC(N)=O)cc1. The molecule has 8 heteroatoms. The Morgan fingerprint density at radius 2 is 1.81 bits per heavy atom. The summed E-state index contributed by atoms with van der Waals surface area (Å²) >= 11 is 0. The van der Waals surface area contributed by atoms with Crippen LogP contribution in [0.5, 0.6) is 5.75 Å². The topological polar surface area (TPSA) is 123 Å². The largest absolute Gasteiger partial charge is 0.484 e. The Hall–Kier alpha value is -2.77. The smallest absolute Gasteiger partial charge is 0.312 e. The Kier molecular flexibility index (Phi) is 5.99. The van der Waals surface area contributed by atoms with E-state index in [0.29, 0.717) is 5.75 Å². The van der Waals surface area contributed by atoms with Gasteiger partial charge in [-0.2, -0.15) is 0 Å². The molecular formula is C13H18N4O4. The molecular weight excluding hydrogens is 276 g/mol. The fourth-order valence-electron chi connectivity index (χ4n) is 1.34. The van der Waals surface area contributed by atoms with Crippen LogP contribution in [0.1, 0.15) is 12.5 Å². The van der Waals surface area contributed by atoms with E-state index in [1.807, 2.05) is 19.1 Å². The number of ether oxygens (including phenoxy) is 1. The number of nitrogens with two attached hydrogens (primary N) is 1. The summed E-state index contributed by atoms with van der Waals surface area (Å²) in [5.74, 6) is -0.585. The highest BCUT2D eigenvalue weighted by Crippen LogP contribution is 2.10. The molecule has 0 aliphatic carbocycles. The molecule has 0 saturated heterocycles. The Morgan fingerprint density at radius 3 is 2.38 bits per heavy atom. The highest BCUT2D eigenvalue weighted by Gasteiger charge is 2.14. The fraction of sp³-hybridized carbons (Fsp3) is 0.308. The van der Waals surface area contributed by atoms with Gasteiger partial charge in [-0.05, 0) is 26.0 Å². The van der Waals surface area contributed by atoms with Gasteiger partial charge in [0.2, 0.25) is 0 Å². The number of hydrogen-bond donors (Lipinski definition) is 4. The van der Waals surface area contributed by atoms with Crippen molar-refractivity contribution >= 4 is 17.8 Å². The molecule has 0 aromatic heterocycles. The summed E-state index contributed by atoms with van der Waals surface area (Å²) in [7, 11) is 0. The molecule has 1 unspecified atom stereocenters. The van der Waals surface area contributed by atoms with E-state index in [9.17, 15) is 14.4 Å². The third kappa shape index (κ3) is 6.28. The van der Waals surface area contributed by atoms with E-state index in [-0.39, 0.29) is 6.61 Å². The van der Waals surface area contributed by atoms with Crippen LogP contribution in [0.2, 0.25) is 0 Å². The summed E-state index contributed by atoms with van der Waals surface area (Å²) in [6.07, 6.45) is 0. The number of carbonyl (C=O) groups is 3. The van der Waals surface area contributed by atoms with E-state index < -0.39 is 23.9 Å². The van der Waals surface area contributed by atoms with Crippen LogP contribution >= 0.6 is 0 Å². The fourth-order valence-corrected chi connectivity index (χ4v) is 1.34. The van der Waals surface area contributed by atoms with Crippen molar-refractivity contribution in [3.8, 4) is 5.75 Å². The van der Waals surface area contributed by atoms with E-state index in [2.05, 4.69) is 16.2 Å². The predicted molar refractivity (Wildman–Crippen MR) is 75.1 cm³/mol. The zero-order valence-corrected chi connectivity index (χ0v) is 11.8. The van der Waals surface area contributed by atoms with Crippen LogP contribution < -0.4 is 26.6 Å². The number of benzene rings is 1. The number of primary amides is 1. The molecule has 0 saturated carbocycles. The summed E-state index contributed by atoms with van der Waals surface area (Å²) < 4.78 is 5.23. The molecule has 0 fully saturated rings. The zero-order chi connectivity index (χ0) is 15.8. The summed E-state index contributed by atoms with van der Waals surface area (Å²) in [6, 6.07) is 5.49. The van der Waals surface area contributed by atoms with Gasteiger partial charge in [0, 0.05) is 0 Å². The van der Waals surface area contributed by atoms with Crippen molar-refractivity contribution in [3.05, 3.63) is 29.8 Å². The Morgan fingerprint density at radius 1 is 1.19 bits per heavy atom. The second kappa shape index (κ2) is 7.73. The van der Waals surface area contributed by atoms with Crippen LogP contribution in [0.15, 0.2) is 24.3 Å². The maximum absolute atomic E-state index is 11.5. The first kappa shape index (κ1) is 16.3. The highest BCUT2D eigenvalue weighted by molar-refractivity contribution is 5.88. The second-order valence-electron chi connectivity index (χ2n) is 4.37. The predicted octanol–water partition coefficient (Wildman–Crippen LogP) is -0.422. The van der Waals surface area contributed by atoms with Gasteiger partial charge in [-0.1, -0.05) is 17.7 Å². The first-order valence-electron chi connectivity index (χ1n) is 6.22. The molecule has 114 valence electrons. The van der Waals surface area contributed by atoms with Gasteiger partial charge in [0.15, 0.2) is 6.61 Å². The van der Waals surface area contributed by atoms with Crippen molar-refractivity contribution in [3.63, 3.8) is 0 Å². The lowest BCUT2D eigenvalue weighted by atomic mass is 10.2. The van der Waals surface area contributed by atoms with Gasteiger partial charge in [-0.15, -0.1) is 0 Å². The van der Waals surface area contributed by atoms with Gasteiger partial charge >= 0.3 is 6.03 Å². The van der Waals surface area contributed by atoms with Crippen LogP contribution in [0.3, 0.4) is 0 Å². The number of urea groups is 1. The molecule has 0 spiro atoms. The van der Waals surface area contributed by atoms with E-state index in [0.717, 1.165) is 5.56 Å². The number of rotatable bonds is 5. The van der Waals surface area contributed by atoms with Crippen LogP contribution in [-0.4, -0.2) is 30.5 Å². The number of aryl methyl sites for hydroxylation is 1. The first-order valence-corrected chi connectivity index (χ1v) is 6.22. The van der Waals surface area contributed by atoms with Crippen molar-refractivity contribution in [1.29, 1.82) is 0 Å². The molecule has 1 rings (SSSR count). The molecule has 8 nitrogen and oxygen atoms in total. The minimum atomic E-state index is -0.860. The number of carbonyl (C=O) groups excluding carboxylic acids is 3. The lowest BCUT2D eigenvalue weighted by Crippen LogP contribution is -2.52. The zero-order valence-electron chi connectivity index (χ0n) is 11.8. The number of hydrazine groups is 1. The third-order valence-electron chi connectivity index (χ3n) is 2.47. The van der Waals surface area contributed by atoms with Gasteiger partial charge in [0.05, 0.1) is 0 Å². The maximum Gasteiger partial charge on any atom is 0.312 e. The van der Waals surface area contributed by atoms with Gasteiger partial charge in [0.25, 0.3) is 11.8 Å². The van der Waals surface area contributed by atoms with Gasteiger partial charge in [0.1, 0.15) is 11.8 Å². The van der Waals surface area contributed by atoms with Crippen LogP contribution in [0.25, 0.3) is 0 Å². The van der Waals surface area contributed by atoms with E-state index in [1.165, 1.54) is 6.92 Å². The van der Waals surface area contributed by atoms with E-state index in [4.69, 9.17) is 10.5 Å². The van der Waals surface area contributed by atoms with Crippen molar-refractivity contribution in [1.82, 2.24) is 16.2 Å². The lowest BCUT2D eigenvalue weighted by Gasteiger charge is -2.13. The quantitative estimate of drug-likeness (QED) is 0.551. The molecule has 0 bridgehead atoms. The number of hydrogen-bond acceptors (Lipinski definition) is 4. The average Bonchev–Trinajstić information content (AvgIpc) is 2.43. The van der Waals surface area contributed by atoms with E-state index >= 15 is 0 Å². The maximum atomic E-state index is 11.5. The van der Waals surface area contributed by atoms with Crippen LogP contribution in [0.4, 0.5) is 4.79 Å². The average molecular weight is 294 g/mol. The van der Waals surface area contributed by atoms with Crippen molar-refractivity contribution in [2.75, 3.05) is 6.61 Å². The van der Waals surface area contributed by atoms with Gasteiger partial charge in [-0.3, -0.25) is 20.4 Å². The number of nitrogens with one attached hydrogen (secondary N) is 3. The standard InChI is InChI=1S/C13H18N4O4/c1-8-3-5-10(6-4-8)21-7-11(18)16-17-12(19)9(2)15-13(14)20/h3-6,9H,7H2,1-2H3,(H,16,18)(H,17,19)(H3,14,15,20). The first-order chi connectivity index (χ1) is 9.88. The van der Waals surface area contributed by atoms with Crippen LogP contribution in [0, 0.1) is 6.92 Å². The summed E-state index contributed by atoms with van der Waals surface area (Å²) in [5.41, 5.74) is 10.3. The molecule has 1 aromatic rings. The molecule has 1 atom stereocenters. The summed E-state index contributed by atoms with van der Waals surface area (Å²) in [4.78, 5) is 33.5. The molecule has 1 aromatic carbocycles.